The zero-order valence-electron chi connectivity index (χ0n) is 14.5. The zero-order chi connectivity index (χ0) is 18.7. The topological polar surface area (TPSA) is 102 Å². The van der Waals surface area contributed by atoms with Crippen LogP contribution in [-0.2, 0) is 28.6 Å². The minimum absolute atomic E-state index is 0.559. The van der Waals surface area contributed by atoms with Gasteiger partial charge in [0.05, 0.1) is 33.3 Å². The van der Waals surface area contributed by atoms with Crippen LogP contribution in [0.1, 0.15) is 17.2 Å². The van der Waals surface area contributed by atoms with E-state index in [2.05, 4.69) is 0 Å². The largest absolute Gasteiger partial charge is 0.469 e. The third-order valence-electron chi connectivity index (χ3n) is 4.45. The van der Waals surface area contributed by atoms with E-state index < -0.39 is 41.8 Å². The van der Waals surface area contributed by atoms with Crippen molar-refractivity contribution >= 4 is 17.9 Å². The van der Waals surface area contributed by atoms with Gasteiger partial charge in [0.15, 0.2) is 0 Å². The second-order valence-electron chi connectivity index (χ2n) is 5.80. The molecule has 4 atom stereocenters. The molecule has 25 heavy (non-hydrogen) atoms. The second-order valence-corrected chi connectivity index (χ2v) is 5.80. The Labute approximate surface area is 145 Å². The Bertz CT molecular complexity index is 657. The van der Waals surface area contributed by atoms with E-state index >= 15 is 0 Å². The molecule has 1 N–H and O–H groups in total. The van der Waals surface area contributed by atoms with Crippen LogP contribution in [-0.4, -0.2) is 55.5 Å². The predicted molar refractivity (Wildman–Crippen MR) is 84.4 cm³/mol. The van der Waals surface area contributed by atoms with Crippen molar-refractivity contribution in [2.75, 3.05) is 21.3 Å². The number of ether oxygens (including phenoxy) is 3. The van der Waals surface area contributed by atoms with Gasteiger partial charge >= 0.3 is 17.9 Å². The molecule has 0 bridgehead atoms. The smallest absolute Gasteiger partial charge is 0.326 e. The van der Waals surface area contributed by atoms with Gasteiger partial charge in [0, 0.05) is 0 Å². The third-order valence-corrected chi connectivity index (χ3v) is 4.45. The van der Waals surface area contributed by atoms with Crippen molar-refractivity contribution in [2.24, 2.45) is 11.8 Å². The Kier molecular flexibility index (Phi) is 5.76. The average Bonchev–Trinajstić information content (AvgIpc) is 2.93. The number of nitrogens with zero attached hydrogens (tertiary/aromatic N) is 1. The molecule has 0 amide bonds. The van der Waals surface area contributed by atoms with Crippen LogP contribution in [0, 0.1) is 18.8 Å². The van der Waals surface area contributed by atoms with Gasteiger partial charge in [0.2, 0.25) is 0 Å². The van der Waals surface area contributed by atoms with Crippen LogP contribution < -0.4 is 0 Å². The molecule has 1 aliphatic heterocycles. The minimum atomic E-state index is -1.38. The third kappa shape index (κ3) is 3.35. The highest BCUT2D eigenvalue weighted by Gasteiger charge is 2.60. The Hall–Kier alpha value is -2.45. The summed E-state index contributed by atoms with van der Waals surface area (Å²) in [5.41, 5.74) is 1.54. The van der Waals surface area contributed by atoms with Gasteiger partial charge < -0.3 is 19.4 Å². The van der Waals surface area contributed by atoms with Crippen LogP contribution in [0.4, 0.5) is 0 Å². The first-order chi connectivity index (χ1) is 11.9. The molecule has 8 nitrogen and oxygen atoms in total. The summed E-state index contributed by atoms with van der Waals surface area (Å²) in [6.45, 7) is 1.89. The van der Waals surface area contributed by atoms with Crippen molar-refractivity contribution in [3.05, 3.63) is 35.4 Å². The van der Waals surface area contributed by atoms with E-state index in [0.29, 0.717) is 10.6 Å². The number of methoxy groups -OCH3 is 3. The molecule has 136 valence electrons. The fourth-order valence-corrected chi connectivity index (χ4v) is 3.22. The first-order valence-electron chi connectivity index (χ1n) is 7.64. The highest BCUT2D eigenvalue weighted by molar-refractivity contribution is 5.90. The molecule has 0 aromatic heterocycles. The fourth-order valence-electron chi connectivity index (χ4n) is 3.22. The molecule has 1 fully saturated rings. The van der Waals surface area contributed by atoms with Gasteiger partial charge in [-0.15, -0.1) is 0 Å². The zero-order valence-corrected chi connectivity index (χ0v) is 14.5. The van der Waals surface area contributed by atoms with Crippen molar-refractivity contribution in [1.82, 2.24) is 5.06 Å². The summed E-state index contributed by atoms with van der Waals surface area (Å²) in [6.07, 6.45) is 0. The molecule has 1 heterocycles. The van der Waals surface area contributed by atoms with E-state index in [1.807, 2.05) is 6.92 Å². The predicted octanol–water partition coefficient (Wildman–Crippen LogP) is 0.861. The number of carbonyl (C=O) groups excluding carboxylic acids is 3. The first-order valence-corrected chi connectivity index (χ1v) is 7.64. The van der Waals surface area contributed by atoms with E-state index in [0.717, 1.165) is 19.8 Å². The molecule has 1 aromatic carbocycles. The van der Waals surface area contributed by atoms with Gasteiger partial charge in [-0.3, -0.25) is 14.4 Å². The van der Waals surface area contributed by atoms with Gasteiger partial charge in [0.1, 0.15) is 12.0 Å². The van der Waals surface area contributed by atoms with Gasteiger partial charge in [-0.25, -0.2) is 0 Å². The Morgan fingerprint density at radius 2 is 1.36 bits per heavy atom. The highest BCUT2D eigenvalue weighted by atomic mass is 16.6. The van der Waals surface area contributed by atoms with E-state index in [1.54, 1.807) is 24.3 Å². The number of aryl methyl sites for hydroxylation is 1. The van der Waals surface area contributed by atoms with Crippen LogP contribution in [0.25, 0.3) is 0 Å². The number of hydroxylamine groups is 2. The van der Waals surface area contributed by atoms with Crippen LogP contribution in [0.2, 0.25) is 0 Å². The van der Waals surface area contributed by atoms with Crippen LogP contribution >= 0.6 is 0 Å². The number of hydrogen-bond donors (Lipinski definition) is 1. The van der Waals surface area contributed by atoms with Crippen molar-refractivity contribution < 1.29 is 33.8 Å². The molecule has 0 aliphatic carbocycles. The lowest BCUT2D eigenvalue weighted by Gasteiger charge is -2.24. The van der Waals surface area contributed by atoms with Crippen LogP contribution in [0.15, 0.2) is 24.3 Å². The number of benzene rings is 1. The minimum Gasteiger partial charge on any atom is -0.469 e. The number of esters is 3. The van der Waals surface area contributed by atoms with E-state index in [-0.39, 0.29) is 0 Å². The summed E-state index contributed by atoms with van der Waals surface area (Å²) in [5.74, 6) is -4.78. The number of rotatable bonds is 4. The summed E-state index contributed by atoms with van der Waals surface area (Å²) in [5, 5.41) is 11.3. The van der Waals surface area contributed by atoms with E-state index in [4.69, 9.17) is 14.2 Å². The molecule has 1 saturated heterocycles. The van der Waals surface area contributed by atoms with E-state index in [9.17, 15) is 19.6 Å². The second kappa shape index (κ2) is 7.62. The van der Waals surface area contributed by atoms with Crippen molar-refractivity contribution in [3.8, 4) is 0 Å². The molecule has 1 aliphatic rings. The average molecular weight is 351 g/mol. The molecule has 1 aromatic rings. The van der Waals surface area contributed by atoms with Crippen molar-refractivity contribution in [3.63, 3.8) is 0 Å². The van der Waals surface area contributed by atoms with Gasteiger partial charge in [-0.2, -0.15) is 5.06 Å². The Morgan fingerprint density at radius 1 is 0.880 bits per heavy atom. The summed E-state index contributed by atoms with van der Waals surface area (Å²) in [4.78, 5) is 36.8. The highest BCUT2D eigenvalue weighted by Crippen LogP contribution is 2.45. The fraction of sp³-hybridized carbons (Fsp3) is 0.471. The number of hydrogen-bond acceptors (Lipinski definition) is 8. The quantitative estimate of drug-likeness (QED) is 0.629. The van der Waals surface area contributed by atoms with Crippen molar-refractivity contribution in [2.45, 2.75) is 19.0 Å². The normalized spacial score (nSPS) is 26.1. The molecule has 0 saturated carbocycles. The summed E-state index contributed by atoms with van der Waals surface area (Å²) >= 11 is 0. The lowest BCUT2D eigenvalue weighted by Crippen LogP contribution is -2.43. The molecule has 8 heteroatoms. The standard InChI is InChI=1S/C17H21NO7/c1-9-5-7-10(8-6-9)13-11(15(19)23-2)12(16(20)24-3)14(18(13)22)17(21)25-4/h5-8,11-14,22H,1-4H3/t11-,12-,13+,14-/m0/s1. The summed E-state index contributed by atoms with van der Waals surface area (Å²) < 4.78 is 14.2. The van der Waals surface area contributed by atoms with Gasteiger partial charge in [-0.1, -0.05) is 29.8 Å². The molecule has 0 unspecified atom stereocenters. The molecular formula is C17H21NO7. The first kappa shape index (κ1) is 18.9. The van der Waals surface area contributed by atoms with Gasteiger partial charge in [-0.05, 0) is 12.5 Å². The van der Waals surface area contributed by atoms with Crippen LogP contribution in [0.3, 0.4) is 0 Å². The maximum atomic E-state index is 12.4. The molecular weight excluding hydrogens is 330 g/mol. The summed E-state index contributed by atoms with van der Waals surface area (Å²) in [6, 6.07) is 4.70. The molecule has 0 radical (unpaired) electrons. The maximum absolute atomic E-state index is 12.4. The number of carbonyl (C=O) groups is 3. The lowest BCUT2D eigenvalue weighted by atomic mass is 9.84. The monoisotopic (exact) mass is 351 g/mol. The Balaban J connectivity index is 2.58. The Morgan fingerprint density at radius 3 is 1.84 bits per heavy atom. The molecule has 0 spiro atoms. The lowest BCUT2D eigenvalue weighted by molar-refractivity contribution is -0.181. The van der Waals surface area contributed by atoms with Gasteiger partial charge in [0.25, 0.3) is 0 Å². The summed E-state index contributed by atoms with van der Waals surface area (Å²) in [7, 11) is 3.46. The SMILES string of the molecule is COC(=O)[C@H]1[C@H](C(=O)OC)[C@@H](c2ccc(C)cc2)N(O)[C@@H]1C(=O)OC. The molecule has 2 rings (SSSR count). The van der Waals surface area contributed by atoms with E-state index in [1.165, 1.54) is 7.11 Å². The van der Waals surface area contributed by atoms with Crippen LogP contribution in [0.5, 0.6) is 0 Å². The van der Waals surface area contributed by atoms with Crippen molar-refractivity contribution in [1.29, 1.82) is 0 Å². The maximum Gasteiger partial charge on any atom is 0.326 e.